The molecule has 1 aromatic carbocycles. The third kappa shape index (κ3) is 4.06. The van der Waals surface area contributed by atoms with E-state index in [-0.39, 0.29) is 17.9 Å². The van der Waals surface area contributed by atoms with Crippen LogP contribution in [0.25, 0.3) is 0 Å². The van der Waals surface area contributed by atoms with E-state index in [0.717, 1.165) is 25.9 Å². The van der Waals surface area contributed by atoms with E-state index in [1.807, 2.05) is 4.90 Å². The van der Waals surface area contributed by atoms with Gasteiger partial charge in [0.15, 0.2) is 0 Å². The molecule has 3 rings (SSSR count). The largest absolute Gasteiger partial charge is 0.457 e. The van der Waals surface area contributed by atoms with Gasteiger partial charge in [0.05, 0.1) is 10.5 Å². The highest BCUT2D eigenvalue weighted by Crippen LogP contribution is 2.31. The molecule has 7 nitrogen and oxygen atoms in total. The number of nitro groups is 1. The number of pyridine rings is 1. The van der Waals surface area contributed by atoms with Gasteiger partial charge in [-0.05, 0) is 31.0 Å². The lowest BCUT2D eigenvalue weighted by Gasteiger charge is -2.17. The molecule has 0 N–H and O–H groups in total. The average molecular weight is 362 g/mol. The molecule has 0 amide bonds. The third-order valence-electron chi connectivity index (χ3n) is 4.01. The van der Waals surface area contributed by atoms with E-state index in [4.69, 9.17) is 16.3 Å². The van der Waals surface area contributed by atoms with Crippen molar-refractivity contribution >= 4 is 28.9 Å². The summed E-state index contributed by atoms with van der Waals surface area (Å²) in [6, 6.07) is 7.74. The second-order valence-corrected chi connectivity index (χ2v) is 6.11. The van der Waals surface area contributed by atoms with Crippen molar-refractivity contribution in [3.63, 3.8) is 0 Å². The molecule has 0 saturated carbocycles. The second kappa shape index (κ2) is 7.48. The van der Waals surface area contributed by atoms with Crippen LogP contribution in [0.15, 0.2) is 36.5 Å². The molecule has 0 spiro atoms. The van der Waals surface area contributed by atoms with Gasteiger partial charge in [0.25, 0.3) is 5.69 Å². The van der Waals surface area contributed by atoms with Gasteiger partial charge in [0.1, 0.15) is 17.4 Å². The number of nitrogens with zero attached hydrogens (tertiary/aromatic N) is 3. The van der Waals surface area contributed by atoms with E-state index in [0.29, 0.717) is 16.4 Å². The van der Waals surface area contributed by atoms with Crippen LogP contribution in [0.2, 0.25) is 5.15 Å². The van der Waals surface area contributed by atoms with E-state index in [2.05, 4.69) is 4.98 Å². The van der Waals surface area contributed by atoms with Crippen LogP contribution in [0.1, 0.15) is 28.8 Å². The van der Waals surface area contributed by atoms with Crippen molar-refractivity contribution in [2.24, 2.45) is 0 Å². The molecular formula is C17H16ClN3O4. The van der Waals surface area contributed by atoms with Gasteiger partial charge in [-0.3, -0.25) is 10.1 Å². The molecule has 130 valence electrons. The molecule has 1 fully saturated rings. The number of nitro benzene ring substituents is 1. The molecule has 0 aliphatic carbocycles. The first kappa shape index (κ1) is 17.2. The van der Waals surface area contributed by atoms with Gasteiger partial charge in [-0.1, -0.05) is 17.7 Å². The number of carbonyl (C=O) groups excluding carboxylic acids is 1. The molecule has 2 heterocycles. The Morgan fingerprint density at radius 1 is 1.28 bits per heavy atom. The van der Waals surface area contributed by atoms with Crippen LogP contribution in [-0.4, -0.2) is 29.0 Å². The molecule has 1 aliphatic rings. The summed E-state index contributed by atoms with van der Waals surface area (Å²) >= 11 is 5.70. The van der Waals surface area contributed by atoms with Gasteiger partial charge >= 0.3 is 5.97 Å². The maximum atomic E-state index is 12.2. The number of ether oxygens (including phenoxy) is 1. The van der Waals surface area contributed by atoms with Crippen LogP contribution in [0.4, 0.5) is 11.4 Å². The minimum absolute atomic E-state index is 0.0185. The summed E-state index contributed by atoms with van der Waals surface area (Å²) in [5.41, 5.74) is 1.29. The molecule has 0 radical (unpaired) electrons. The van der Waals surface area contributed by atoms with Crippen LogP contribution in [0.3, 0.4) is 0 Å². The Morgan fingerprint density at radius 2 is 2.04 bits per heavy atom. The zero-order valence-electron chi connectivity index (χ0n) is 13.4. The number of anilines is 1. The van der Waals surface area contributed by atoms with Crippen LogP contribution in [0.5, 0.6) is 0 Å². The summed E-state index contributed by atoms with van der Waals surface area (Å²) < 4.78 is 5.20. The Morgan fingerprint density at radius 3 is 2.68 bits per heavy atom. The molecule has 0 atom stereocenters. The SMILES string of the molecule is O=C(OCc1ccc(Cl)nc1)c1ccc(N2CCCC2)c([N+](=O)[O-])c1. The summed E-state index contributed by atoms with van der Waals surface area (Å²) in [6.45, 7) is 1.59. The first-order valence-corrected chi connectivity index (χ1v) is 8.23. The predicted molar refractivity (Wildman–Crippen MR) is 92.9 cm³/mol. The summed E-state index contributed by atoms with van der Waals surface area (Å²) in [5.74, 6) is -0.619. The lowest BCUT2D eigenvalue weighted by atomic mass is 10.1. The minimum atomic E-state index is -0.619. The monoisotopic (exact) mass is 361 g/mol. The first-order valence-electron chi connectivity index (χ1n) is 7.85. The van der Waals surface area contributed by atoms with Gasteiger partial charge in [0, 0.05) is 30.9 Å². The molecule has 2 aromatic rings. The molecule has 0 unspecified atom stereocenters. The molecular weight excluding hydrogens is 346 g/mol. The Hall–Kier alpha value is -2.67. The number of rotatable bonds is 5. The highest BCUT2D eigenvalue weighted by atomic mass is 35.5. The Kier molecular flexibility index (Phi) is 5.14. The molecule has 8 heteroatoms. The highest BCUT2D eigenvalue weighted by molar-refractivity contribution is 6.29. The normalized spacial score (nSPS) is 13.7. The lowest BCUT2D eigenvalue weighted by molar-refractivity contribution is -0.384. The fraction of sp³-hybridized carbons (Fsp3) is 0.294. The van der Waals surface area contributed by atoms with E-state index in [1.54, 1.807) is 24.3 Å². The first-order chi connectivity index (χ1) is 12.0. The van der Waals surface area contributed by atoms with E-state index < -0.39 is 10.9 Å². The van der Waals surface area contributed by atoms with Crippen molar-refractivity contribution in [3.8, 4) is 0 Å². The van der Waals surface area contributed by atoms with Crippen molar-refractivity contribution in [2.75, 3.05) is 18.0 Å². The summed E-state index contributed by atoms with van der Waals surface area (Å²) in [7, 11) is 0. The molecule has 1 saturated heterocycles. The highest BCUT2D eigenvalue weighted by Gasteiger charge is 2.24. The number of esters is 1. The van der Waals surface area contributed by atoms with Crippen LogP contribution >= 0.6 is 11.6 Å². The van der Waals surface area contributed by atoms with Crippen molar-refractivity contribution in [1.82, 2.24) is 4.98 Å². The quantitative estimate of drug-likeness (QED) is 0.350. The van der Waals surface area contributed by atoms with E-state index in [9.17, 15) is 14.9 Å². The molecule has 1 aliphatic heterocycles. The standard InChI is InChI=1S/C17H16ClN3O4/c18-16-6-3-12(10-19-16)11-25-17(22)13-4-5-14(15(9-13)21(23)24)20-7-1-2-8-20/h3-6,9-10H,1-2,7-8,11H2. The maximum Gasteiger partial charge on any atom is 0.338 e. The van der Waals surface area contributed by atoms with Crippen molar-refractivity contribution < 1.29 is 14.5 Å². The number of aromatic nitrogens is 1. The number of halogens is 1. The lowest BCUT2D eigenvalue weighted by Crippen LogP contribution is -2.19. The fourth-order valence-electron chi connectivity index (χ4n) is 2.75. The summed E-state index contributed by atoms with van der Waals surface area (Å²) in [4.78, 5) is 29.0. The van der Waals surface area contributed by atoms with Gasteiger partial charge in [-0.25, -0.2) is 9.78 Å². The van der Waals surface area contributed by atoms with Crippen molar-refractivity contribution in [3.05, 3.63) is 62.9 Å². The van der Waals surface area contributed by atoms with Gasteiger partial charge in [-0.2, -0.15) is 0 Å². The molecule has 0 bridgehead atoms. The van der Waals surface area contributed by atoms with Crippen LogP contribution in [0, 0.1) is 10.1 Å². The van der Waals surface area contributed by atoms with E-state index in [1.165, 1.54) is 12.3 Å². The topological polar surface area (TPSA) is 85.6 Å². The van der Waals surface area contributed by atoms with Gasteiger partial charge < -0.3 is 9.64 Å². The van der Waals surface area contributed by atoms with Crippen molar-refractivity contribution in [2.45, 2.75) is 19.4 Å². The van der Waals surface area contributed by atoms with Crippen LogP contribution < -0.4 is 4.90 Å². The summed E-state index contributed by atoms with van der Waals surface area (Å²) in [6.07, 6.45) is 3.53. The van der Waals surface area contributed by atoms with E-state index >= 15 is 0 Å². The number of hydrogen-bond acceptors (Lipinski definition) is 6. The smallest absolute Gasteiger partial charge is 0.338 e. The number of carbonyl (C=O) groups is 1. The predicted octanol–water partition coefficient (Wildman–Crippen LogP) is 3.60. The summed E-state index contributed by atoms with van der Waals surface area (Å²) in [5, 5.41) is 11.7. The zero-order valence-corrected chi connectivity index (χ0v) is 14.1. The third-order valence-corrected chi connectivity index (χ3v) is 4.24. The fourth-order valence-corrected chi connectivity index (χ4v) is 2.86. The van der Waals surface area contributed by atoms with Crippen molar-refractivity contribution in [1.29, 1.82) is 0 Å². The Balaban J connectivity index is 1.74. The zero-order chi connectivity index (χ0) is 17.8. The van der Waals surface area contributed by atoms with Gasteiger partial charge in [0.2, 0.25) is 0 Å². The minimum Gasteiger partial charge on any atom is -0.457 e. The molecule has 1 aromatic heterocycles. The average Bonchev–Trinajstić information content (AvgIpc) is 3.15. The Labute approximate surface area is 149 Å². The van der Waals surface area contributed by atoms with Gasteiger partial charge in [-0.15, -0.1) is 0 Å². The van der Waals surface area contributed by atoms with Crippen LogP contribution in [-0.2, 0) is 11.3 Å². The number of benzene rings is 1. The molecule has 25 heavy (non-hydrogen) atoms. The number of hydrogen-bond donors (Lipinski definition) is 0. The Bertz CT molecular complexity index is 789. The second-order valence-electron chi connectivity index (χ2n) is 5.72. The maximum absolute atomic E-state index is 12.2.